The van der Waals surface area contributed by atoms with Crippen LogP contribution in [0.15, 0.2) is 12.4 Å². The molecule has 0 spiro atoms. The van der Waals surface area contributed by atoms with Gasteiger partial charge in [0.05, 0.1) is 30.5 Å². The van der Waals surface area contributed by atoms with Crippen molar-refractivity contribution in [2.45, 2.75) is 88.6 Å². The number of aromatic nitrogens is 3. The van der Waals surface area contributed by atoms with E-state index >= 15 is 0 Å². The minimum absolute atomic E-state index is 0.0867. The average molecular weight is 494 g/mol. The van der Waals surface area contributed by atoms with Gasteiger partial charge in [0.25, 0.3) is 0 Å². The number of nitrogens with zero attached hydrogens (tertiary/aromatic N) is 4. The lowest BCUT2D eigenvalue weighted by Crippen LogP contribution is -2.52. The highest BCUT2D eigenvalue weighted by Crippen LogP contribution is 2.39. The van der Waals surface area contributed by atoms with Gasteiger partial charge in [-0.1, -0.05) is 19.3 Å². The Labute approximate surface area is 203 Å². The Morgan fingerprint density at radius 2 is 1.86 bits per heavy atom. The molecule has 2 saturated carbocycles. The molecule has 2 aromatic heterocycles. The molecule has 0 unspecified atom stereocenters. The number of alkyl halides is 3. The zero-order valence-corrected chi connectivity index (χ0v) is 20.2. The first-order valence-corrected chi connectivity index (χ1v) is 12.8. The zero-order chi connectivity index (χ0) is 24.4. The third-order valence-electron chi connectivity index (χ3n) is 7.48. The van der Waals surface area contributed by atoms with Crippen molar-refractivity contribution < 1.29 is 22.6 Å². The molecule has 3 heterocycles. The van der Waals surface area contributed by atoms with Crippen molar-refractivity contribution in [3.63, 3.8) is 0 Å². The quantitative estimate of drug-likeness (QED) is 0.578. The van der Waals surface area contributed by atoms with Crippen LogP contribution in [-0.4, -0.2) is 70.5 Å². The zero-order valence-electron chi connectivity index (χ0n) is 20.2. The molecular formula is C25H34F3N5O2. The summed E-state index contributed by atoms with van der Waals surface area (Å²) in [5, 5.41) is 3.56. The molecule has 1 N–H and O–H groups in total. The minimum atomic E-state index is -4.25. The maximum atomic E-state index is 12.8. The number of halogens is 3. The van der Waals surface area contributed by atoms with E-state index in [1.165, 1.54) is 13.3 Å². The van der Waals surface area contributed by atoms with E-state index in [0.717, 1.165) is 81.3 Å². The number of pyridine rings is 1. The number of nitrogens with one attached hydrogen (secondary N) is 1. The van der Waals surface area contributed by atoms with Crippen LogP contribution in [0.1, 0.15) is 69.8 Å². The fourth-order valence-corrected chi connectivity index (χ4v) is 5.54. The third kappa shape index (κ3) is 5.97. The molecule has 5 rings (SSSR count). The molecule has 2 aliphatic carbocycles. The molecular weight excluding hydrogens is 459 g/mol. The lowest BCUT2D eigenvalue weighted by atomic mass is 9.84. The summed E-state index contributed by atoms with van der Waals surface area (Å²) < 4.78 is 50.2. The highest BCUT2D eigenvalue weighted by Gasteiger charge is 2.36. The second-order valence-corrected chi connectivity index (χ2v) is 10.2. The lowest BCUT2D eigenvalue weighted by Gasteiger charge is -2.43. The molecule has 35 heavy (non-hydrogen) atoms. The van der Waals surface area contributed by atoms with Gasteiger partial charge >= 0.3 is 6.18 Å². The van der Waals surface area contributed by atoms with Crippen LogP contribution in [-0.2, 0) is 4.74 Å². The molecule has 192 valence electrons. The fourth-order valence-electron chi connectivity index (χ4n) is 5.54. The van der Waals surface area contributed by atoms with Gasteiger partial charge in [-0.15, -0.1) is 0 Å². The molecule has 0 bridgehead atoms. The summed E-state index contributed by atoms with van der Waals surface area (Å²) in [7, 11) is 0. The predicted molar refractivity (Wildman–Crippen MR) is 127 cm³/mol. The molecule has 1 aliphatic heterocycles. The molecule has 1 atom stereocenters. The molecule has 1 saturated heterocycles. The van der Waals surface area contributed by atoms with E-state index in [0.29, 0.717) is 17.8 Å². The van der Waals surface area contributed by atoms with Gasteiger partial charge in [-0.2, -0.15) is 13.2 Å². The number of ether oxygens (including phenoxy) is 2. The summed E-state index contributed by atoms with van der Waals surface area (Å²) in [6, 6.07) is -0.311. The first kappa shape index (κ1) is 24.5. The monoisotopic (exact) mass is 493 g/mol. The van der Waals surface area contributed by atoms with E-state index in [1.807, 2.05) is 6.20 Å². The summed E-state index contributed by atoms with van der Waals surface area (Å²) >= 11 is 0. The number of hydrogen-bond donors (Lipinski definition) is 1. The molecule has 0 aromatic carbocycles. The van der Waals surface area contributed by atoms with E-state index in [2.05, 4.69) is 25.2 Å². The van der Waals surface area contributed by atoms with Crippen molar-refractivity contribution in [3.8, 4) is 5.88 Å². The second kappa shape index (κ2) is 10.4. The Hall–Kier alpha value is -2.20. The molecule has 0 amide bonds. The first-order valence-electron chi connectivity index (χ1n) is 12.8. The molecule has 3 aliphatic rings. The predicted octanol–water partition coefficient (Wildman–Crippen LogP) is 5.07. The number of rotatable bonds is 7. The number of hydrogen-bond acceptors (Lipinski definition) is 7. The van der Waals surface area contributed by atoms with Crippen LogP contribution < -0.4 is 10.1 Å². The van der Waals surface area contributed by atoms with Crippen LogP contribution in [0, 0.1) is 0 Å². The smallest absolute Gasteiger partial charge is 0.391 e. The van der Waals surface area contributed by atoms with Gasteiger partial charge in [0.1, 0.15) is 6.10 Å². The van der Waals surface area contributed by atoms with Crippen molar-refractivity contribution in [2.75, 3.05) is 31.6 Å². The maximum Gasteiger partial charge on any atom is 0.391 e. The van der Waals surface area contributed by atoms with Crippen molar-refractivity contribution in [2.24, 2.45) is 0 Å². The Morgan fingerprint density at radius 3 is 2.57 bits per heavy atom. The number of morpholine rings is 1. The molecule has 0 radical (unpaired) electrons. The van der Waals surface area contributed by atoms with Gasteiger partial charge in [0.2, 0.25) is 11.8 Å². The average Bonchev–Trinajstić information content (AvgIpc) is 2.81. The molecule has 3 fully saturated rings. The second-order valence-electron chi connectivity index (χ2n) is 10.2. The summed E-state index contributed by atoms with van der Waals surface area (Å²) in [5.41, 5.74) is 1.78. The third-order valence-corrected chi connectivity index (χ3v) is 7.48. The van der Waals surface area contributed by atoms with Gasteiger partial charge in [-0.3, -0.25) is 4.90 Å². The van der Waals surface area contributed by atoms with Crippen LogP contribution in [0.5, 0.6) is 5.88 Å². The fraction of sp³-hybridized carbons (Fsp3) is 0.720. The Balaban J connectivity index is 1.35. The SMILES string of the molecule is C[C@@H](CC(F)(F)F)Nc1ncc2c(O[C@H]3C[C@H](N4CCOCC4)C3)ncc(C3CCCCC3)c2n1. The molecule has 10 heteroatoms. The van der Waals surface area contributed by atoms with Gasteiger partial charge in [0.15, 0.2) is 0 Å². The van der Waals surface area contributed by atoms with Gasteiger partial charge in [-0.25, -0.2) is 15.0 Å². The number of anilines is 1. The summed E-state index contributed by atoms with van der Waals surface area (Å²) in [4.78, 5) is 16.2. The van der Waals surface area contributed by atoms with Crippen molar-refractivity contribution in [1.82, 2.24) is 19.9 Å². The van der Waals surface area contributed by atoms with E-state index in [1.54, 1.807) is 6.20 Å². The number of fused-ring (bicyclic) bond motifs is 1. The van der Waals surface area contributed by atoms with Gasteiger partial charge < -0.3 is 14.8 Å². The van der Waals surface area contributed by atoms with Crippen LogP contribution >= 0.6 is 0 Å². The normalized spacial score (nSPS) is 25.3. The molecule has 2 aromatic rings. The van der Waals surface area contributed by atoms with E-state index in [-0.39, 0.29) is 12.1 Å². The largest absolute Gasteiger partial charge is 0.474 e. The topological polar surface area (TPSA) is 72.4 Å². The van der Waals surface area contributed by atoms with Crippen molar-refractivity contribution in [1.29, 1.82) is 0 Å². The highest BCUT2D eigenvalue weighted by molar-refractivity contribution is 5.86. The Bertz CT molecular complexity index is 1000. The first-order chi connectivity index (χ1) is 16.9. The van der Waals surface area contributed by atoms with Crippen molar-refractivity contribution in [3.05, 3.63) is 18.0 Å². The highest BCUT2D eigenvalue weighted by atomic mass is 19.4. The maximum absolute atomic E-state index is 12.8. The van der Waals surface area contributed by atoms with Crippen molar-refractivity contribution >= 4 is 16.9 Å². The standard InChI is InChI=1S/C25H34F3N5O2/c1-16(13-25(26,27)28)31-24-30-15-21-22(32-24)20(17-5-3-2-4-6-17)14-29-23(21)35-19-11-18(12-19)33-7-9-34-10-8-33/h14-19H,2-13H2,1H3,(H,30,31,32)/t16-,18-,19-/m0/s1. The van der Waals surface area contributed by atoms with Crippen LogP contribution in [0.2, 0.25) is 0 Å². The van der Waals surface area contributed by atoms with Gasteiger partial charge in [-0.05, 0) is 25.7 Å². The lowest BCUT2D eigenvalue weighted by molar-refractivity contribution is -0.136. The van der Waals surface area contributed by atoms with E-state index in [4.69, 9.17) is 9.47 Å². The van der Waals surface area contributed by atoms with E-state index < -0.39 is 18.6 Å². The molecule has 7 nitrogen and oxygen atoms in total. The summed E-state index contributed by atoms with van der Waals surface area (Å²) in [5.74, 6) is 1.07. The summed E-state index contributed by atoms with van der Waals surface area (Å²) in [6.45, 7) is 4.99. The Kier molecular flexibility index (Phi) is 7.29. The minimum Gasteiger partial charge on any atom is -0.474 e. The Morgan fingerprint density at radius 1 is 1.11 bits per heavy atom. The summed E-state index contributed by atoms with van der Waals surface area (Å²) in [6.07, 6.45) is 5.99. The van der Waals surface area contributed by atoms with Crippen LogP contribution in [0.25, 0.3) is 10.9 Å². The van der Waals surface area contributed by atoms with Gasteiger partial charge in [0, 0.05) is 56.0 Å². The van der Waals surface area contributed by atoms with E-state index in [9.17, 15) is 13.2 Å². The van der Waals surface area contributed by atoms with Crippen LogP contribution in [0.4, 0.5) is 19.1 Å². The van der Waals surface area contributed by atoms with Crippen LogP contribution in [0.3, 0.4) is 0 Å².